The van der Waals surface area contributed by atoms with Crippen LogP contribution in [0.4, 0.5) is 13.2 Å². The molecule has 0 aromatic heterocycles. The lowest BCUT2D eigenvalue weighted by Gasteiger charge is -2.14. The summed E-state index contributed by atoms with van der Waals surface area (Å²) in [6.45, 7) is 0. The van der Waals surface area contributed by atoms with E-state index in [0.717, 1.165) is 12.1 Å². The SMILES string of the molecule is NC(Cc1ccc(Cl)c(F)c1)c1cc(F)c(Cl)cc1F. The summed E-state index contributed by atoms with van der Waals surface area (Å²) in [7, 11) is 0. The second kappa shape index (κ2) is 6.04. The molecule has 106 valence electrons. The standard InChI is InChI=1S/C14H10Cl2F3N/c15-9-2-1-7(3-12(9)18)4-14(20)8-5-13(19)10(16)6-11(8)17/h1-3,5-6,14H,4,20H2. The Balaban J connectivity index is 2.25. The average molecular weight is 320 g/mol. The summed E-state index contributed by atoms with van der Waals surface area (Å²) in [4.78, 5) is 0. The fourth-order valence-electron chi connectivity index (χ4n) is 1.85. The zero-order valence-corrected chi connectivity index (χ0v) is 11.7. The van der Waals surface area contributed by atoms with Crippen molar-refractivity contribution >= 4 is 23.2 Å². The molecule has 2 aromatic rings. The van der Waals surface area contributed by atoms with E-state index in [4.69, 9.17) is 28.9 Å². The largest absolute Gasteiger partial charge is 0.324 e. The molecule has 0 bridgehead atoms. The molecule has 2 N–H and O–H groups in total. The first-order valence-electron chi connectivity index (χ1n) is 5.72. The molecule has 0 fully saturated rings. The van der Waals surface area contributed by atoms with Gasteiger partial charge in [0.05, 0.1) is 10.0 Å². The first kappa shape index (κ1) is 15.2. The molecule has 1 atom stereocenters. The van der Waals surface area contributed by atoms with E-state index in [2.05, 4.69) is 0 Å². The summed E-state index contributed by atoms with van der Waals surface area (Å²) in [6, 6.07) is 5.19. The van der Waals surface area contributed by atoms with Gasteiger partial charge in [0.15, 0.2) is 0 Å². The van der Waals surface area contributed by atoms with Gasteiger partial charge in [-0.25, -0.2) is 13.2 Å². The van der Waals surface area contributed by atoms with Crippen LogP contribution in [0.1, 0.15) is 17.2 Å². The number of nitrogens with two attached hydrogens (primary N) is 1. The lowest BCUT2D eigenvalue weighted by molar-refractivity contribution is 0.560. The summed E-state index contributed by atoms with van der Waals surface area (Å²) >= 11 is 11.0. The topological polar surface area (TPSA) is 26.0 Å². The Kier molecular flexibility index (Phi) is 4.58. The molecule has 0 saturated heterocycles. The second-order valence-corrected chi connectivity index (χ2v) is 5.16. The summed E-state index contributed by atoms with van der Waals surface area (Å²) < 4.78 is 40.3. The van der Waals surface area contributed by atoms with E-state index in [1.165, 1.54) is 12.1 Å². The van der Waals surface area contributed by atoms with Crippen LogP contribution in [0.25, 0.3) is 0 Å². The Morgan fingerprint density at radius 2 is 1.55 bits per heavy atom. The number of rotatable bonds is 3. The van der Waals surface area contributed by atoms with E-state index >= 15 is 0 Å². The van der Waals surface area contributed by atoms with Gasteiger partial charge < -0.3 is 5.73 Å². The van der Waals surface area contributed by atoms with E-state index < -0.39 is 23.5 Å². The lowest BCUT2D eigenvalue weighted by atomic mass is 9.99. The molecule has 0 radical (unpaired) electrons. The first-order chi connectivity index (χ1) is 9.38. The van der Waals surface area contributed by atoms with Crippen LogP contribution in [0.2, 0.25) is 10.0 Å². The molecule has 1 nitrogen and oxygen atoms in total. The summed E-state index contributed by atoms with van der Waals surface area (Å²) in [6.07, 6.45) is 0.145. The predicted octanol–water partition coefficient (Wildman–Crippen LogP) is 4.65. The van der Waals surface area contributed by atoms with Gasteiger partial charge in [-0.3, -0.25) is 0 Å². The molecule has 0 aliphatic carbocycles. The Labute approximate surface area is 124 Å². The molecule has 2 rings (SSSR count). The Hall–Kier alpha value is -1.23. The van der Waals surface area contributed by atoms with Crippen LogP contribution < -0.4 is 5.73 Å². The van der Waals surface area contributed by atoms with Crippen molar-refractivity contribution in [2.24, 2.45) is 5.73 Å². The Bertz CT molecular complexity index is 647. The molecular formula is C14H10Cl2F3N. The van der Waals surface area contributed by atoms with Crippen LogP contribution in [-0.4, -0.2) is 0 Å². The maximum absolute atomic E-state index is 13.7. The lowest BCUT2D eigenvalue weighted by Crippen LogP contribution is -2.15. The molecule has 0 heterocycles. The maximum Gasteiger partial charge on any atom is 0.142 e. The minimum Gasteiger partial charge on any atom is -0.324 e. The van der Waals surface area contributed by atoms with Crippen molar-refractivity contribution in [3.63, 3.8) is 0 Å². The highest BCUT2D eigenvalue weighted by Gasteiger charge is 2.16. The van der Waals surface area contributed by atoms with E-state index in [0.29, 0.717) is 5.56 Å². The quantitative estimate of drug-likeness (QED) is 0.818. The molecule has 6 heteroatoms. The third-order valence-electron chi connectivity index (χ3n) is 2.88. The molecule has 1 unspecified atom stereocenters. The zero-order valence-electron chi connectivity index (χ0n) is 10.1. The molecule has 0 aliphatic heterocycles. The molecule has 0 spiro atoms. The fraction of sp³-hybridized carbons (Fsp3) is 0.143. The van der Waals surface area contributed by atoms with Crippen molar-refractivity contribution in [1.29, 1.82) is 0 Å². The van der Waals surface area contributed by atoms with Crippen LogP contribution in [-0.2, 0) is 6.42 Å². The first-order valence-corrected chi connectivity index (χ1v) is 6.48. The Morgan fingerprint density at radius 1 is 0.900 bits per heavy atom. The van der Waals surface area contributed by atoms with Gasteiger partial charge in [-0.1, -0.05) is 29.3 Å². The third kappa shape index (κ3) is 3.26. The van der Waals surface area contributed by atoms with Gasteiger partial charge >= 0.3 is 0 Å². The number of hydrogen-bond donors (Lipinski definition) is 1. The smallest absolute Gasteiger partial charge is 0.142 e. The van der Waals surface area contributed by atoms with Crippen molar-refractivity contribution < 1.29 is 13.2 Å². The molecule has 0 saturated carbocycles. The molecule has 0 aliphatic rings. The highest BCUT2D eigenvalue weighted by Crippen LogP contribution is 2.26. The number of hydrogen-bond acceptors (Lipinski definition) is 1. The zero-order chi connectivity index (χ0) is 14.9. The van der Waals surface area contributed by atoms with Gasteiger partial charge in [-0.05, 0) is 36.2 Å². The van der Waals surface area contributed by atoms with Crippen molar-refractivity contribution in [3.8, 4) is 0 Å². The highest BCUT2D eigenvalue weighted by molar-refractivity contribution is 6.31. The summed E-state index contributed by atoms with van der Waals surface area (Å²) in [5, 5.41) is -0.318. The van der Waals surface area contributed by atoms with Crippen molar-refractivity contribution in [2.75, 3.05) is 0 Å². The number of benzene rings is 2. The van der Waals surface area contributed by atoms with Gasteiger partial charge in [-0.2, -0.15) is 0 Å². The minimum absolute atomic E-state index is 0.00830. The Morgan fingerprint density at radius 3 is 2.20 bits per heavy atom. The van der Waals surface area contributed by atoms with Gasteiger partial charge in [0, 0.05) is 11.6 Å². The highest BCUT2D eigenvalue weighted by atomic mass is 35.5. The molecule has 0 amide bonds. The van der Waals surface area contributed by atoms with Crippen LogP contribution >= 0.6 is 23.2 Å². The van der Waals surface area contributed by atoms with E-state index in [1.807, 2.05) is 0 Å². The normalized spacial score (nSPS) is 12.5. The van der Waals surface area contributed by atoms with Crippen molar-refractivity contribution in [3.05, 3.63) is 69.0 Å². The van der Waals surface area contributed by atoms with E-state index in [-0.39, 0.29) is 22.0 Å². The number of halogens is 5. The van der Waals surface area contributed by atoms with Gasteiger partial charge in [-0.15, -0.1) is 0 Å². The minimum atomic E-state index is -0.817. The van der Waals surface area contributed by atoms with Crippen molar-refractivity contribution in [1.82, 2.24) is 0 Å². The summed E-state index contributed by atoms with van der Waals surface area (Å²) in [5.74, 6) is -2.03. The average Bonchev–Trinajstić information content (AvgIpc) is 2.38. The van der Waals surface area contributed by atoms with Gasteiger partial charge in [0.25, 0.3) is 0 Å². The van der Waals surface area contributed by atoms with Crippen molar-refractivity contribution in [2.45, 2.75) is 12.5 Å². The fourth-order valence-corrected chi connectivity index (χ4v) is 2.12. The van der Waals surface area contributed by atoms with Gasteiger partial charge in [0.2, 0.25) is 0 Å². The maximum atomic E-state index is 13.7. The van der Waals surface area contributed by atoms with Gasteiger partial charge in [0.1, 0.15) is 17.5 Å². The predicted molar refractivity (Wildman–Crippen MR) is 73.4 cm³/mol. The van der Waals surface area contributed by atoms with Crippen LogP contribution in [0.15, 0.2) is 30.3 Å². The third-order valence-corrected chi connectivity index (χ3v) is 3.47. The van der Waals surface area contributed by atoms with E-state index in [1.54, 1.807) is 6.07 Å². The molecule has 20 heavy (non-hydrogen) atoms. The van der Waals surface area contributed by atoms with Crippen LogP contribution in [0.3, 0.4) is 0 Å². The van der Waals surface area contributed by atoms with Crippen LogP contribution in [0, 0.1) is 17.5 Å². The molecule has 2 aromatic carbocycles. The monoisotopic (exact) mass is 319 g/mol. The van der Waals surface area contributed by atoms with Crippen LogP contribution in [0.5, 0.6) is 0 Å². The summed E-state index contributed by atoms with van der Waals surface area (Å²) in [5.41, 5.74) is 6.35. The van der Waals surface area contributed by atoms with E-state index in [9.17, 15) is 13.2 Å². The second-order valence-electron chi connectivity index (χ2n) is 4.35. The molecular weight excluding hydrogens is 310 g/mol.